The molecule has 6 heteroatoms. The quantitative estimate of drug-likeness (QED) is 0.638. The highest BCUT2D eigenvalue weighted by atomic mass is 79.9. The smallest absolute Gasteiger partial charge is 0.273 e. The van der Waals surface area contributed by atoms with E-state index in [1.165, 1.54) is 19.3 Å². The van der Waals surface area contributed by atoms with Gasteiger partial charge >= 0.3 is 0 Å². The monoisotopic (exact) mass is 341 g/mol. The molecule has 20 heavy (non-hydrogen) atoms. The number of rotatable bonds is 6. The summed E-state index contributed by atoms with van der Waals surface area (Å²) in [7, 11) is 4.20. The van der Waals surface area contributed by atoms with Crippen molar-refractivity contribution in [1.82, 2.24) is 10.2 Å². The number of hydrogen-bond acceptors (Lipinski definition) is 4. The topological polar surface area (TPSA) is 58.4 Å². The van der Waals surface area contributed by atoms with E-state index in [1.807, 2.05) is 6.07 Å². The Kier molecular flexibility index (Phi) is 4.78. The van der Waals surface area contributed by atoms with E-state index in [1.54, 1.807) is 12.1 Å². The molecule has 5 nitrogen and oxygen atoms in total. The highest BCUT2D eigenvalue weighted by Crippen LogP contribution is 2.35. The number of nitrogens with zero attached hydrogens (tertiary/aromatic N) is 2. The van der Waals surface area contributed by atoms with Crippen molar-refractivity contribution in [3.8, 4) is 0 Å². The Labute approximate surface area is 127 Å². The first-order valence-electron chi connectivity index (χ1n) is 6.76. The Morgan fingerprint density at radius 1 is 1.45 bits per heavy atom. The zero-order valence-corrected chi connectivity index (χ0v) is 13.4. The SMILES string of the molecule is CN(C)C1(CNCc2cc(Br)ccc2[N+](=O)[O-])CCC1. The summed E-state index contributed by atoms with van der Waals surface area (Å²) in [6.45, 7) is 1.38. The van der Waals surface area contributed by atoms with Crippen molar-refractivity contribution >= 4 is 21.6 Å². The molecular weight excluding hydrogens is 322 g/mol. The van der Waals surface area contributed by atoms with Crippen molar-refractivity contribution in [3.63, 3.8) is 0 Å². The standard InChI is InChI=1S/C14H20BrN3O2/c1-17(2)14(6-3-7-14)10-16-9-11-8-12(15)4-5-13(11)18(19)20/h4-5,8,16H,3,6-7,9-10H2,1-2H3. The van der Waals surface area contributed by atoms with E-state index in [0.717, 1.165) is 16.6 Å². The van der Waals surface area contributed by atoms with Gasteiger partial charge in [-0.15, -0.1) is 0 Å². The number of nitrogens with one attached hydrogen (secondary N) is 1. The van der Waals surface area contributed by atoms with E-state index in [2.05, 4.69) is 40.2 Å². The van der Waals surface area contributed by atoms with Gasteiger partial charge in [0.1, 0.15) is 0 Å². The molecule has 1 saturated carbocycles. The average molecular weight is 342 g/mol. The maximum Gasteiger partial charge on any atom is 0.273 e. The van der Waals surface area contributed by atoms with Crippen LogP contribution >= 0.6 is 15.9 Å². The first-order valence-corrected chi connectivity index (χ1v) is 7.55. The molecule has 1 fully saturated rings. The van der Waals surface area contributed by atoms with E-state index in [0.29, 0.717) is 6.54 Å². The van der Waals surface area contributed by atoms with Gasteiger partial charge in [-0.1, -0.05) is 15.9 Å². The summed E-state index contributed by atoms with van der Waals surface area (Å²) in [5, 5.41) is 14.4. The molecule has 1 N–H and O–H groups in total. The lowest BCUT2D eigenvalue weighted by Gasteiger charge is -2.47. The zero-order chi connectivity index (χ0) is 14.8. The molecule has 1 aliphatic carbocycles. The number of halogens is 1. The lowest BCUT2D eigenvalue weighted by Crippen LogP contribution is -2.56. The average Bonchev–Trinajstić information content (AvgIpc) is 2.31. The second kappa shape index (κ2) is 6.20. The minimum Gasteiger partial charge on any atom is -0.311 e. The van der Waals surface area contributed by atoms with Gasteiger partial charge in [0, 0.05) is 34.7 Å². The van der Waals surface area contributed by atoms with Gasteiger partial charge in [-0.05, 0) is 45.5 Å². The van der Waals surface area contributed by atoms with E-state index < -0.39 is 0 Å². The first kappa shape index (κ1) is 15.4. The minimum atomic E-state index is -0.325. The number of nitro groups is 1. The van der Waals surface area contributed by atoms with Crippen LogP contribution in [0.3, 0.4) is 0 Å². The maximum absolute atomic E-state index is 11.0. The summed E-state index contributed by atoms with van der Waals surface area (Å²) >= 11 is 3.37. The predicted molar refractivity (Wildman–Crippen MR) is 82.8 cm³/mol. The van der Waals surface area contributed by atoms with Gasteiger partial charge in [0.25, 0.3) is 5.69 Å². The minimum absolute atomic E-state index is 0.174. The molecule has 1 aromatic rings. The molecule has 0 aromatic heterocycles. The van der Waals surface area contributed by atoms with Gasteiger partial charge in [-0.3, -0.25) is 10.1 Å². The molecule has 0 atom stereocenters. The molecule has 110 valence electrons. The second-order valence-corrected chi connectivity index (χ2v) is 6.52. The normalized spacial score (nSPS) is 17.0. The van der Waals surface area contributed by atoms with Gasteiger partial charge in [-0.2, -0.15) is 0 Å². The van der Waals surface area contributed by atoms with Crippen LogP contribution in [0.5, 0.6) is 0 Å². The molecule has 0 saturated heterocycles. The highest BCUT2D eigenvalue weighted by molar-refractivity contribution is 9.10. The van der Waals surface area contributed by atoms with Gasteiger partial charge in [0.2, 0.25) is 0 Å². The Hall–Kier alpha value is -0.980. The van der Waals surface area contributed by atoms with Crippen LogP contribution in [0.1, 0.15) is 24.8 Å². The van der Waals surface area contributed by atoms with Crippen LogP contribution in [0.25, 0.3) is 0 Å². The lowest BCUT2D eigenvalue weighted by molar-refractivity contribution is -0.385. The summed E-state index contributed by atoms with van der Waals surface area (Å²) in [5.74, 6) is 0. The van der Waals surface area contributed by atoms with Gasteiger partial charge in [0.15, 0.2) is 0 Å². The second-order valence-electron chi connectivity index (χ2n) is 5.61. The third-order valence-corrected chi connectivity index (χ3v) is 4.73. The van der Waals surface area contributed by atoms with E-state index in [9.17, 15) is 10.1 Å². The van der Waals surface area contributed by atoms with Crippen molar-refractivity contribution in [2.75, 3.05) is 20.6 Å². The molecule has 0 spiro atoms. The third-order valence-electron chi connectivity index (χ3n) is 4.24. The molecule has 0 aliphatic heterocycles. The van der Waals surface area contributed by atoms with Crippen LogP contribution < -0.4 is 5.32 Å². The molecule has 1 aromatic carbocycles. The fourth-order valence-corrected chi connectivity index (χ4v) is 3.08. The van der Waals surface area contributed by atoms with Crippen LogP contribution in [-0.4, -0.2) is 36.0 Å². The summed E-state index contributed by atoms with van der Waals surface area (Å²) in [5.41, 5.74) is 1.12. The number of likely N-dealkylation sites (N-methyl/N-ethyl adjacent to an activating group) is 1. The fourth-order valence-electron chi connectivity index (χ4n) is 2.67. The van der Waals surface area contributed by atoms with Crippen molar-refractivity contribution in [2.24, 2.45) is 0 Å². The van der Waals surface area contributed by atoms with Crippen LogP contribution in [0.2, 0.25) is 0 Å². The molecule has 0 heterocycles. The number of nitro benzene ring substituents is 1. The third kappa shape index (κ3) is 3.19. The van der Waals surface area contributed by atoms with Gasteiger partial charge in [-0.25, -0.2) is 0 Å². The molecular formula is C14H20BrN3O2. The fraction of sp³-hybridized carbons (Fsp3) is 0.571. The van der Waals surface area contributed by atoms with Crippen molar-refractivity contribution in [2.45, 2.75) is 31.3 Å². The van der Waals surface area contributed by atoms with Gasteiger partial charge in [0.05, 0.1) is 4.92 Å². The summed E-state index contributed by atoms with van der Waals surface area (Å²) in [4.78, 5) is 13.0. The summed E-state index contributed by atoms with van der Waals surface area (Å²) < 4.78 is 0.867. The van der Waals surface area contributed by atoms with Crippen LogP contribution in [0.15, 0.2) is 22.7 Å². The Balaban J connectivity index is 2.00. The van der Waals surface area contributed by atoms with E-state index in [-0.39, 0.29) is 16.1 Å². The number of benzene rings is 1. The van der Waals surface area contributed by atoms with Crippen LogP contribution in [0.4, 0.5) is 5.69 Å². The molecule has 0 bridgehead atoms. The van der Waals surface area contributed by atoms with E-state index >= 15 is 0 Å². The van der Waals surface area contributed by atoms with Gasteiger partial charge < -0.3 is 10.2 Å². The number of hydrogen-bond donors (Lipinski definition) is 1. The molecule has 0 radical (unpaired) electrons. The molecule has 1 aliphatic rings. The Morgan fingerprint density at radius 3 is 2.65 bits per heavy atom. The molecule has 0 amide bonds. The zero-order valence-electron chi connectivity index (χ0n) is 11.9. The Morgan fingerprint density at radius 2 is 2.15 bits per heavy atom. The Bertz CT molecular complexity index is 501. The molecule has 2 rings (SSSR count). The van der Waals surface area contributed by atoms with Crippen molar-refractivity contribution < 1.29 is 4.92 Å². The van der Waals surface area contributed by atoms with E-state index in [4.69, 9.17) is 0 Å². The maximum atomic E-state index is 11.0. The van der Waals surface area contributed by atoms with Crippen molar-refractivity contribution in [1.29, 1.82) is 0 Å². The molecule has 0 unspecified atom stereocenters. The lowest BCUT2D eigenvalue weighted by atomic mass is 9.75. The predicted octanol–water partition coefficient (Wildman–Crippen LogP) is 2.93. The van der Waals surface area contributed by atoms with Crippen molar-refractivity contribution in [3.05, 3.63) is 38.3 Å². The van der Waals surface area contributed by atoms with Crippen LogP contribution in [0, 0.1) is 10.1 Å². The summed E-state index contributed by atoms with van der Waals surface area (Å²) in [6, 6.07) is 5.06. The highest BCUT2D eigenvalue weighted by Gasteiger charge is 2.38. The largest absolute Gasteiger partial charge is 0.311 e. The summed E-state index contributed by atoms with van der Waals surface area (Å²) in [6.07, 6.45) is 3.64. The first-order chi connectivity index (χ1) is 9.44. The van der Waals surface area contributed by atoms with Crippen LogP contribution in [-0.2, 0) is 6.54 Å².